The van der Waals surface area contributed by atoms with Gasteiger partial charge in [0.25, 0.3) is 0 Å². The smallest absolute Gasteiger partial charge is 0.0439 e. The van der Waals surface area contributed by atoms with Crippen LogP contribution in [0.3, 0.4) is 0 Å². The topological polar surface area (TPSA) is 20.2 Å². The van der Waals surface area contributed by atoms with E-state index in [0.29, 0.717) is 12.0 Å². The summed E-state index contributed by atoms with van der Waals surface area (Å²) >= 11 is 0. The van der Waals surface area contributed by atoms with Gasteiger partial charge in [-0.15, -0.1) is 0 Å². The number of hydrogen-bond acceptors (Lipinski definition) is 1. The van der Waals surface area contributed by atoms with Crippen LogP contribution in [0, 0.1) is 5.41 Å². The first-order valence-electron chi connectivity index (χ1n) is 5.68. The SMILES string of the molecule is OCCC12CCCC=C1CCCC2. The first-order valence-corrected chi connectivity index (χ1v) is 5.68. The number of aliphatic hydroxyl groups is 1. The highest BCUT2D eigenvalue weighted by Gasteiger charge is 2.36. The summed E-state index contributed by atoms with van der Waals surface area (Å²) in [6, 6.07) is 0. The summed E-state index contributed by atoms with van der Waals surface area (Å²) in [7, 11) is 0. The van der Waals surface area contributed by atoms with Gasteiger partial charge in [-0.25, -0.2) is 0 Å². The molecule has 0 heterocycles. The minimum atomic E-state index is 0.372. The first-order chi connectivity index (χ1) is 6.37. The summed E-state index contributed by atoms with van der Waals surface area (Å²) in [5.41, 5.74) is 2.12. The predicted octanol–water partition coefficient (Wildman–Crippen LogP) is 3.04. The minimum Gasteiger partial charge on any atom is -0.396 e. The Balaban J connectivity index is 2.18. The molecule has 1 unspecified atom stereocenters. The van der Waals surface area contributed by atoms with Crippen LogP contribution in [0.5, 0.6) is 0 Å². The molecule has 2 rings (SSSR count). The lowest BCUT2D eigenvalue weighted by Gasteiger charge is -2.42. The molecule has 0 aromatic heterocycles. The van der Waals surface area contributed by atoms with Gasteiger partial charge in [0, 0.05) is 6.61 Å². The molecule has 0 aliphatic heterocycles. The third kappa shape index (κ3) is 1.67. The van der Waals surface area contributed by atoms with Gasteiger partial charge < -0.3 is 5.11 Å². The molecule has 0 bridgehead atoms. The largest absolute Gasteiger partial charge is 0.396 e. The van der Waals surface area contributed by atoms with Crippen LogP contribution in [-0.2, 0) is 0 Å². The van der Waals surface area contributed by atoms with Crippen LogP contribution in [0.1, 0.15) is 51.4 Å². The van der Waals surface area contributed by atoms with Crippen LogP contribution in [-0.4, -0.2) is 11.7 Å². The molecule has 2 aliphatic rings. The summed E-state index contributed by atoms with van der Waals surface area (Å²) in [6.45, 7) is 0.372. The van der Waals surface area contributed by atoms with Gasteiger partial charge in [0.1, 0.15) is 0 Å². The van der Waals surface area contributed by atoms with Crippen LogP contribution < -0.4 is 0 Å². The van der Waals surface area contributed by atoms with E-state index in [0.717, 1.165) is 6.42 Å². The molecule has 1 atom stereocenters. The fraction of sp³-hybridized carbons (Fsp3) is 0.833. The molecule has 0 aromatic rings. The molecule has 1 heteroatoms. The highest BCUT2D eigenvalue weighted by Crippen LogP contribution is 2.49. The van der Waals surface area contributed by atoms with Crippen molar-refractivity contribution in [3.8, 4) is 0 Å². The summed E-state index contributed by atoms with van der Waals surface area (Å²) in [5, 5.41) is 9.12. The van der Waals surface area contributed by atoms with Crippen molar-refractivity contribution in [3.05, 3.63) is 11.6 Å². The molecule has 0 saturated heterocycles. The van der Waals surface area contributed by atoms with Gasteiger partial charge >= 0.3 is 0 Å². The molecule has 1 fully saturated rings. The van der Waals surface area contributed by atoms with Gasteiger partial charge in [-0.3, -0.25) is 0 Å². The Morgan fingerprint density at radius 3 is 2.92 bits per heavy atom. The number of fused-ring (bicyclic) bond motifs is 1. The Morgan fingerprint density at radius 2 is 2.08 bits per heavy atom. The van der Waals surface area contributed by atoms with E-state index in [1.807, 2.05) is 0 Å². The number of allylic oxidation sites excluding steroid dienone is 2. The van der Waals surface area contributed by atoms with Gasteiger partial charge in [0.15, 0.2) is 0 Å². The lowest BCUT2D eigenvalue weighted by Crippen LogP contribution is -2.30. The fourth-order valence-electron chi connectivity index (χ4n) is 3.15. The maximum absolute atomic E-state index is 9.12. The Hall–Kier alpha value is -0.300. The molecule has 0 radical (unpaired) electrons. The monoisotopic (exact) mass is 180 g/mol. The highest BCUT2D eigenvalue weighted by atomic mass is 16.3. The van der Waals surface area contributed by atoms with Crippen molar-refractivity contribution in [3.63, 3.8) is 0 Å². The van der Waals surface area contributed by atoms with Crippen molar-refractivity contribution in [2.24, 2.45) is 5.41 Å². The van der Waals surface area contributed by atoms with Gasteiger partial charge in [-0.05, 0) is 50.4 Å². The van der Waals surface area contributed by atoms with E-state index in [9.17, 15) is 0 Å². The average molecular weight is 180 g/mol. The zero-order chi connectivity index (χ0) is 9.15. The van der Waals surface area contributed by atoms with Crippen LogP contribution in [0.15, 0.2) is 11.6 Å². The summed E-state index contributed by atoms with van der Waals surface area (Å²) < 4.78 is 0. The second-order valence-corrected chi connectivity index (χ2v) is 4.58. The zero-order valence-corrected chi connectivity index (χ0v) is 8.39. The second-order valence-electron chi connectivity index (χ2n) is 4.58. The number of hydrogen-bond donors (Lipinski definition) is 1. The van der Waals surface area contributed by atoms with Crippen molar-refractivity contribution < 1.29 is 5.11 Å². The molecular formula is C12H20O. The molecule has 1 nitrogen and oxygen atoms in total. The quantitative estimate of drug-likeness (QED) is 0.648. The van der Waals surface area contributed by atoms with E-state index < -0.39 is 0 Å². The molecule has 1 N–H and O–H groups in total. The Labute approximate surface area is 80.8 Å². The molecule has 0 spiro atoms. The maximum atomic E-state index is 9.12. The molecule has 1 saturated carbocycles. The van der Waals surface area contributed by atoms with Crippen LogP contribution in [0.25, 0.3) is 0 Å². The molecular weight excluding hydrogens is 160 g/mol. The molecule has 2 aliphatic carbocycles. The van der Waals surface area contributed by atoms with Gasteiger partial charge in [0.2, 0.25) is 0 Å². The maximum Gasteiger partial charge on any atom is 0.0439 e. The fourth-order valence-corrected chi connectivity index (χ4v) is 3.15. The number of aliphatic hydroxyl groups excluding tert-OH is 1. The minimum absolute atomic E-state index is 0.372. The van der Waals surface area contributed by atoms with Crippen molar-refractivity contribution in [1.82, 2.24) is 0 Å². The second kappa shape index (κ2) is 3.83. The van der Waals surface area contributed by atoms with Crippen LogP contribution in [0.2, 0.25) is 0 Å². The van der Waals surface area contributed by atoms with Crippen molar-refractivity contribution >= 4 is 0 Å². The highest BCUT2D eigenvalue weighted by molar-refractivity contribution is 5.19. The lowest BCUT2D eigenvalue weighted by atomic mass is 9.63. The van der Waals surface area contributed by atoms with E-state index in [2.05, 4.69) is 6.08 Å². The average Bonchev–Trinajstić information content (AvgIpc) is 2.18. The Morgan fingerprint density at radius 1 is 1.23 bits per heavy atom. The van der Waals surface area contributed by atoms with Gasteiger partial charge in [-0.1, -0.05) is 18.1 Å². The lowest BCUT2D eigenvalue weighted by molar-refractivity contribution is 0.160. The normalized spacial score (nSPS) is 33.8. The zero-order valence-electron chi connectivity index (χ0n) is 8.39. The third-order valence-corrected chi connectivity index (χ3v) is 3.87. The summed E-state index contributed by atoms with van der Waals surface area (Å²) in [4.78, 5) is 0. The van der Waals surface area contributed by atoms with Crippen molar-refractivity contribution in [1.29, 1.82) is 0 Å². The Kier molecular flexibility index (Phi) is 2.73. The van der Waals surface area contributed by atoms with E-state index in [-0.39, 0.29) is 0 Å². The van der Waals surface area contributed by atoms with Crippen molar-refractivity contribution in [2.45, 2.75) is 51.4 Å². The van der Waals surface area contributed by atoms with Crippen molar-refractivity contribution in [2.75, 3.05) is 6.61 Å². The van der Waals surface area contributed by atoms with E-state index in [4.69, 9.17) is 5.11 Å². The summed E-state index contributed by atoms with van der Waals surface area (Å²) in [5.74, 6) is 0. The van der Waals surface area contributed by atoms with Crippen LogP contribution in [0.4, 0.5) is 0 Å². The number of rotatable bonds is 2. The first kappa shape index (κ1) is 9.26. The predicted molar refractivity (Wildman–Crippen MR) is 54.5 cm³/mol. The van der Waals surface area contributed by atoms with Crippen LogP contribution >= 0.6 is 0 Å². The molecule has 13 heavy (non-hydrogen) atoms. The summed E-state index contributed by atoms with van der Waals surface area (Å²) in [6.07, 6.45) is 12.8. The van der Waals surface area contributed by atoms with Gasteiger partial charge in [-0.2, -0.15) is 0 Å². The van der Waals surface area contributed by atoms with E-state index in [1.54, 1.807) is 5.57 Å². The van der Waals surface area contributed by atoms with E-state index >= 15 is 0 Å². The molecule has 0 amide bonds. The Bertz CT molecular complexity index is 203. The standard InChI is InChI=1S/C12H20O/c13-10-9-12-7-3-1-5-11(12)6-2-4-8-12/h5,13H,1-4,6-10H2. The molecule has 0 aromatic carbocycles. The molecule has 74 valence electrons. The van der Waals surface area contributed by atoms with Gasteiger partial charge in [0.05, 0.1) is 0 Å². The van der Waals surface area contributed by atoms with E-state index in [1.165, 1.54) is 44.9 Å². The third-order valence-electron chi connectivity index (χ3n) is 3.87.